The van der Waals surface area contributed by atoms with Gasteiger partial charge in [-0.1, -0.05) is 11.3 Å². The van der Waals surface area contributed by atoms with E-state index in [9.17, 15) is 4.79 Å². The van der Waals surface area contributed by atoms with Crippen LogP contribution in [0.4, 0.5) is 0 Å². The van der Waals surface area contributed by atoms with Crippen molar-refractivity contribution in [2.75, 3.05) is 7.11 Å². The Bertz CT molecular complexity index is 556. The Labute approximate surface area is 101 Å². The van der Waals surface area contributed by atoms with Crippen LogP contribution in [-0.2, 0) is 0 Å². The number of rotatable bonds is 3. The van der Waals surface area contributed by atoms with Crippen molar-refractivity contribution in [3.63, 3.8) is 0 Å². The van der Waals surface area contributed by atoms with Gasteiger partial charge in [-0.05, 0) is 29.8 Å². The molecule has 5 nitrogen and oxygen atoms in total. The van der Waals surface area contributed by atoms with E-state index < -0.39 is 6.29 Å². The minimum absolute atomic E-state index is 0.116. The lowest BCUT2D eigenvalue weighted by Gasteiger charge is -2.05. The number of thiazole rings is 1. The van der Waals surface area contributed by atoms with Crippen LogP contribution in [0.25, 0.3) is 10.4 Å². The largest absolute Gasteiger partial charge is 0.497 e. The van der Waals surface area contributed by atoms with Crippen molar-refractivity contribution in [2.45, 2.75) is 6.29 Å². The van der Waals surface area contributed by atoms with Gasteiger partial charge in [0.1, 0.15) is 5.75 Å². The Morgan fingerprint density at radius 3 is 2.47 bits per heavy atom. The average molecular weight is 253 g/mol. The smallest absolute Gasteiger partial charge is 0.305 e. The normalized spacial score (nSPS) is 10.8. The summed E-state index contributed by atoms with van der Waals surface area (Å²) in [5.74, 6) is 0.697. The van der Waals surface area contributed by atoms with E-state index in [1.54, 1.807) is 31.4 Å². The molecule has 0 saturated carbocycles. The Hall–Kier alpha value is -1.63. The molecule has 0 aliphatic heterocycles. The van der Waals surface area contributed by atoms with Gasteiger partial charge in [-0.25, -0.2) is 0 Å². The van der Waals surface area contributed by atoms with Crippen LogP contribution in [0.5, 0.6) is 5.75 Å². The Balaban J connectivity index is 2.48. The van der Waals surface area contributed by atoms with Crippen molar-refractivity contribution in [2.24, 2.45) is 0 Å². The van der Waals surface area contributed by atoms with Crippen LogP contribution in [0.3, 0.4) is 0 Å². The fourth-order valence-corrected chi connectivity index (χ4v) is 2.35. The molecule has 0 fully saturated rings. The van der Waals surface area contributed by atoms with Crippen molar-refractivity contribution in [1.29, 1.82) is 0 Å². The summed E-state index contributed by atoms with van der Waals surface area (Å²) >= 11 is 0.937. The van der Waals surface area contributed by atoms with Gasteiger partial charge in [-0.15, -0.1) is 0 Å². The number of nitrogens with one attached hydrogen (secondary N) is 1. The third kappa shape index (κ3) is 2.38. The molecule has 2 aromatic rings. The number of aromatic nitrogens is 1. The molecule has 3 N–H and O–H groups in total. The number of H-pyrrole nitrogens is 1. The lowest BCUT2D eigenvalue weighted by atomic mass is 10.1. The molecule has 0 saturated heterocycles. The molecule has 0 bridgehead atoms. The third-order valence-corrected chi connectivity index (χ3v) is 3.23. The van der Waals surface area contributed by atoms with Crippen molar-refractivity contribution < 1.29 is 14.9 Å². The third-order valence-electron chi connectivity index (χ3n) is 2.29. The van der Waals surface area contributed by atoms with Crippen LogP contribution in [-0.4, -0.2) is 22.3 Å². The molecule has 0 unspecified atom stereocenters. The van der Waals surface area contributed by atoms with Crippen LogP contribution >= 0.6 is 11.3 Å². The summed E-state index contributed by atoms with van der Waals surface area (Å²) < 4.78 is 5.02. The molecular weight excluding hydrogens is 242 g/mol. The van der Waals surface area contributed by atoms with E-state index in [0.29, 0.717) is 10.6 Å². The first-order valence-corrected chi connectivity index (χ1v) is 5.67. The van der Waals surface area contributed by atoms with E-state index in [-0.39, 0.29) is 10.6 Å². The van der Waals surface area contributed by atoms with Gasteiger partial charge in [0.25, 0.3) is 0 Å². The van der Waals surface area contributed by atoms with Crippen LogP contribution in [0.1, 0.15) is 12.0 Å². The zero-order chi connectivity index (χ0) is 12.4. The minimum atomic E-state index is -1.69. The molecule has 0 aliphatic carbocycles. The van der Waals surface area contributed by atoms with Gasteiger partial charge in [-0.2, -0.15) is 0 Å². The Morgan fingerprint density at radius 1 is 1.29 bits per heavy atom. The van der Waals surface area contributed by atoms with Gasteiger partial charge in [0.2, 0.25) is 0 Å². The Kier molecular flexibility index (Phi) is 3.28. The molecule has 1 aromatic heterocycles. The van der Waals surface area contributed by atoms with E-state index >= 15 is 0 Å². The minimum Gasteiger partial charge on any atom is -0.497 e. The lowest BCUT2D eigenvalue weighted by molar-refractivity contribution is -0.0450. The van der Waals surface area contributed by atoms with Crippen LogP contribution in [0.15, 0.2) is 29.1 Å². The monoisotopic (exact) mass is 253 g/mol. The first-order valence-electron chi connectivity index (χ1n) is 4.85. The van der Waals surface area contributed by atoms with E-state index in [0.717, 1.165) is 16.9 Å². The van der Waals surface area contributed by atoms with Crippen LogP contribution < -0.4 is 9.61 Å². The quantitative estimate of drug-likeness (QED) is 0.715. The highest BCUT2D eigenvalue weighted by molar-refractivity contribution is 7.13. The summed E-state index contributed by atoms with van der Waals surface area (Å²) in [6.45, 7) is 0. The molecule has 2 rings (SSSR count). The van der Waals surface area contributed by atoms with Crippen molar-refractivity contribution in [3.8, 4) is 16.2 Å². The summed E-state index contributed by atoms with van der Waals surface area (Å²) in [4.78, 5) is 13.8. The van der Waals surface area contributed by atoms with Crippen molar-refractivity contribution in [3.05, 3.63) is 39.6 Å². The predicted molar refractivity (Wildman–Crippen MR) is 64.1 cm³/mol. The second kappa shape index (κ2) is 4.70. The number of methoxy groups -OCH3 is 1. The maximum Gasteiger partial charge on any atom is 0.305 e. The first-order chi connectivity index (χ1) is 8.11. The topological polar surface area (TPSA) is 82.6 Å². The highest BCUT2D eigenvalue weighted by Crippen LogP contribution is 2.29. The average Bonchev–Trinajstić information content (AvgIpc) is 2.72. The molecule has 17 heavy (non-hydrogen) atoms. The summed E-state index contributed by atoms with van der Waals surface area (Å²) in [6.07, 6.45) is -1.69. The summed E-state index contributed by atoms with van der Waals surface area (Å²) in [5, 5.41) is 18.3. The fraction of sp³-hybridized carbons (Fsp3) is 0.182. The van der Waals surface area contributed by atoms with Gasteiger partial charge < -0.3 is 19.9 Å². The molecule has 90 valence electrons. The summed E-state index contributed by atoms with van der Waals surface area (Å²) in [6, 6.07) is 6.99. The lowest BCUT2D eigenvalue weighted by Crippen LogP contribution is -2.01. The number of hydrogen-bond donors (Lipinski definition) is 3. The fourth-order valence-electron chi connectivity index (χ4n) is 1.48. The number of ether oxygens (including phenoxy) is 1. The zero-order valence-electron chi connectivity index (χ0n) is 9.01. The maximum absolute atomic E-state index is 11.2. The Morgan fingerprint density at radius 2 is 1.94 bits per heavy atom. The molecule has 0 amide bonds. The highest BCUT2D eigenvalue weighted by atomic mass is 32.1. The van der Waals surface area contributed by atoms with Gasteiger partial charge in [0.05, 0.1) is 17.7 Å². The number of aliphatic hydroxyl groups is 2. The molecule has 6 heteroatoms. The molecule has 0 atom stereocenters. The predicted octanol–water partition coefficient (Wildman–Crippen LogP) is 1.10. The molecular formula is C11H11NO4S. The molecule has 0 aliphatic rings. The van der Waals surface area contributed by atoms with E-state index in [1.165, 1.54) is 0 Å². The van der Waals surface area contributed by atoms with Gasteiger partial charge in [0, 0.05) is 0 Å². The van der Waals surface area contributed by atoms with Crippen molar-refractivity contribution in [1.82, 2.24) is 4.98 Å². The highest BCUT2D eigenvalue weighted by Gasteiger charge is 2.15. The second-order valence-corrected chi connectivity index (χ2v) is 4.34. The second-order valence-electron chi connectivity index (χ2n) is 3.36. The van der Waals surface area contributed by atoms with Gasteiger partial charge in [0.15, 0.2) is 6.29 Å². The standard InChI is InChI=1S/C11H11NO4S/c1-16-7-4-2-6(3-5-7)9-8(10(13)14)12-11(15)17-9/h2-5,10,13-14H,1H3,(H,12,15). The van der Waals surface area contributed by atoms with Gasteiger partial charge in [-0.3, -0.25) is 4.79 Å². The molecule has 0 spiro atoms. The zero-order valence-corrected chi connectivity index (χ0v) is 9.82. The number of benzene rings is 1. The maximum atomic E-state index is 11.2. The SMILES string of the molecule is COc1ccc(-c2sc(=O)[nH]c2C(O)O)cc1. The van der Waals surface area contributed by atoms with Gasteiger partial charge >= 0.3 is 4.87 Å². The summed E-state index contributed by atoms with van der Waals surface area (Å²) in [7, 11) is 1.56. The van der Waals surface area contributed by atoms with E-state index in [1.807, 2.05) is 0 Å². The molecule has 0 radical (unpaired) electrons. The number of aromatic amines is 1. The van der Waals surface area contributed by atoms with E-state index in [2.05, 4.69) is 4.98 Å². The van der Waals surface area contributed by atoms with Crippen LogP contribution in [0, 0.1) is 0 Å². The number of aliphatic hydroxyl groups excluding tert-OH is 1. The molecule has 1 heterocycles. The first kappa shape index (κ1) is 11.8. The van der Waals surface area contributed by atoms with Crippen LogP contribution in [0.2, 0.25) is 0 Å². The van der Waals surface area contributed by atoms with Crippen molar-refractivity contribution >= 4 is 11.3 Å². The summed E-state index contributed by atoms with van der Waals surface area (Å²) in [5.41, 5.74) is 0.849. The van der Waals surface area contributed by atoms with E-state index in [4.69, 9.17) is 14.9 Å². The molecule has 1 aromatic carbocycles. The number of hydrogen-bond acceptors (Lipinski definition) is 5.